The van der Waals surface area contributed by atoms with Gasteiger partial charge in [-0.05, 0) is 47.5 Å². The van der Waals surface area contributed by atoms with Crippen molar-refractivity contribution in [1.29, 1.82) is 0 Å². The van der Waals surface area contributed by atoms with E-state index >= 15 is 0 Å². The highest BCUT2D eigenvalue weighted by Crippen LogP contribution is 2.19. The van der Waals surface area contributed by atoms with Gasteiger partial charge in [0.25, 0.3) is 5.91 Å². The van der Waals surface area contributed by atoms with Crippen molar-refractivity contribution in [3.05, 3.63) is 95.6 Å². The van der Waals surface area contributed by atoms with Crippen LogP contribution in [-0.2, 0) is 13.2 Å². The predicted molar refractivity (Wildman–Crippen MR) is 117 cm³/mol. The molecule has 4 rings (SSSR count). The Balaban J connectivity index is 1.40. The van der Waals surface area contributed by atoms with E-state index in [2.05, 4.69) is 20.6 Å². The van der Waals surface area contributed by atoms with Gasteiger partial charge in [-0.25, -0.2) is 0 Å². The largest absolute Gasteiger partial charge is 0.489 e. The Morgan fingerprint density at radius 3 is 2.48 bits per heavy atom. The molecule has 0 aliphatic rings. The fourth-order valence-corrected chi connectivity index (χ4v) is 3.24. The summed E-state index contributed by atoms with van der Waals surface area (Å²) in [5.74, 6) is 1.22. The van der Waals surface area contributed by atoms with Crippen LogP contribution < -0.4 is 4.74 Å². The Morgan fingerprint density at radius 2 is 1.77 bits per heavy atom. The summed E-state index contributed by atoms with van der Waals surface area (Å²) >= 11 is 0. The van der Waals surface area contributed by atoms with Crippen LogP contribution in [0.15, 0.2) is 78.9 Å². The molecule has 0 saturated heterocycles. The standard InChI is InChI=1S/C24H23N5O2/c1-2-29(24(30)21-10-6-9-20(15-21)23-25-27-28-26-23)16-18-11-13-22(14-12-18)31-17-19-7-4-3-5-8-19/h3-15H,2,16-17H2,1H3,(H,25,26,27,28). The van der Waals surface area contributed by atoms with Crippen molar-refractivity contribution in [2.45, 2.75) is 20.1 Å². The number of ether oxygens (including phenoxy) is 1. The molecule has 0 unspecified atom stereocenters. The number of amides is 1. The molecule has 0 aliphatic carbocycles. The molecule has 0 radical (unpaired) electrons. The number of benzene rings is 3. The van der Waals surface area contributed by atoms with Crippen molar-refractivity contribution >= 4 is 5.91 Å². The normalized spacial score (nSPS) is 10.6. The molecule has 1 heterocycles. The summed E-state index contributed by atoms with van der Waals surface area (Å²) in [4.78, 5) is 14.9. The highest BCUT2D eigenvalue weighted by molar-refractivity contribution is 5.95. The summed E-state index contributed by atoms with van der Waals surface area (Å²) in [6.45, 7) is 3.60. The Morgan fingerprint density at radius 1 is 0.968 bits per heavy atom. The molecule has 0 bridgehead atoms. The second kappa shape index (κ2) is 9.67. The molecular weight excluding hydrogens is 390 g/mol. The average Bonchev–Trinajstić information content (AvgIpc) is 3.37. The van der Waals surface area contributed by atoms with Crippen LogP contribution in [0.25, 0.3) is 11.4 Å². The third-order valence-electron chi connectivity index (χ3n) is 4.93. The molecule has 0 atom stereocenters. The number of rotatable bonds is 8. The van der Waals surface area contributed by atoms with Crippen molar-refractivity contribution in [3.8, 4) is 17.1 Å². The van der Waals surface area contributed by atoms with Gasteiger partial charge in [0, 0.05) is 24.2 Å². The van der Waals surface area contributed by atoms with Crippen LogP contribution in [0.5, 0.6) is 5.75 Å². The topological polar surface area (TPSA) is 84.0 Å². The first-order valence-corrected chi connectivity index (χ1v) is 10.1. The summed E-state index contributed by atoms with van der Waals surface area (Å²) in [7, 11) is 0. The number of H-pyrrole nitrogens is 1. The smallest absolute Gasteiger partial charge is 0.254 e. The van der Waals surface area contributed by atoms with E-state index in [-0.39, 0.29) is 5.91 Å². The minimum absolute atomic E-state index is 0.0442. The average molecular weight is 413 g/mol. The number of tetrazole rings is 1. The summed E-state index contributed by atoms with van der Waals surface area (Å²) < 4.78 is 5.84. The monoisotopic (exact) mass is 413 g/mol. The lowest BCUT2D eigenvalue weighted by Gasteiger charge is -2.21. The number of carbonyl (C=O) groups is 1. The fraction of sp³-hybridized carbons (Fsp3) is 0.167. The van der Waals surface area contributed by atoms with Gasteiger partial charge in [0.1, 0.15) is 12.4 Å². The van der Waals surface area contributed by atoms with Gasteiger partial charge < -0.3 is 9.64 Å². The molecular formula is C24H23N5O2. The Hall–Kier alpha value is -4.00. The first-order chi connectivity index (χ1) is 15.2. The van der Waals surface area contributed by atoms with Gasteiger partial charge in [0.15, 0.2) is 0 Å². The zero-order valence-electron chi connectivity index (χ0n) is 17.2. The molecule has 4 aromatic rings. The molecule has 31 heavy (non-hydrogen) atoms. The van der Waals surface area contributed by atoms with E-state index in [0.29, 0.717) is 31.1 Å². The zero-order valence-corrected chi connectivity index (χ0v) is 17.2. The number of nitrogens with zero attached hydrogens (tertiary/aromatic N) is 4. The number of hydrogen-bond donors (Lipinski definition) is 1. The SMILES string of the molecule is CCN(Cc1ccc(OCc2ccccc2)cc1)C(=O)c1cccc(-c2nn[nH]n2)c1. The molecule has 0 spiro atoms. The highest BCUT2D eigenvalue weighted by atomic mass is 16.5. The Kier molecular flexibility index (Phi) is 6.32. The number of nitrogens with one attached hydrogen (secondary N) is 1. The van der Waals surface area contributed by atoms with Crippen LogP contribution in [-0.4, -0.2) is 38.0 Å². The van der Waals surface area contributed by atoms with Gasteiger partial charge in [-0.2, -0.15) is 5.21 Å². The van der Waals surface area contributed by atoms with Gasteiger partial charge in [-0.1, -0.05) is 54.6 Å². The van der Waals surface area contributed by atoms with Gasteiger partial charge >= 0.3 is 0 Å². The maximum absolute atomic E-state index is 13.1. The summed E-state index contributed by atoms with van der Waals surface area (Å²) in [6, 6.07) is 25.2. The van der Waals surface area contributed by atoms with E-state index in [9.17, 15) is 4.79 Å². The lowest BCUT2D eigenvalue weighted by Crippen LogP contribution is -2.30. The van der Waals surface area contributed by atoms with E-state index in [1.807, 2.05) is 73.7 Å². The van der Waals surface area contributed by atoms with E-state index in [0.717, 1.165) is 22.4 Å². The number of hydrogen-bond acceptors (Lipinski definition) is 5. The van der Waals surface area contributed by atoms with Crippen molar-refractivity contribution < 1.29 is 9.53 Å². The summed E-state index contributed by atoms with van der Waals surface area (Å²) in [5, 5.41) is 14.0. The Bertz CT molecular complexity index is 1110. The van der Waals surface area contributed by atoms with Crippen LogP contribution in [0.1, 0.15) is 28.4 Å². The van der Waals surface area contributed by atoms with Crippen LogP contribution >= 0.6 is 0 Å². The van der Waals surface area contributed by atoms with E-state index in [1.54, 1.807) is 17.0 Å². The fourth-order valence-electron chi connectivity index (χ4n) is 3.24. The molecule has 1 amide bonds. The number of aromatic nitrogens is 4. The second-order valence-corrected chi connectivity index (χ2v) is 7.05. The lowest BCUT2D eigenvalue weighted by molar-refractivity contribution is 0.0752. The molecule has 0 fully saturated rings. The van der Waals surface area contributed by atoms with E-state index < -0.39 is 0 Å². The first kappa shape index (κ1) is 20.3. The van der Waals surface area contributed by atoms with Crippen molar-refractivity contribution in [2.24, 2.45) is 0 Å². The van der Waals surface area contributed by atoms with Crippen molar-refractivity contribution in [1.82, 2.24) is 25.5 Å². The first-order valence-electron chi connectivity index (χ1n) is 10.1. The molecule has 3 aromatic carbocycles. The van der Waals surface area contributed by atoms with Gasteiger partial charge in [-0.3, -0.25) is 4.79 Å². The molecule has 156 valence electrons. The molecule has 1 aromatic heterocycles. The van der Waals surface area contributed by atoms with Crippen LogP contribution in [0, 0.1) is 0 Å². The number of carbonyl (C=O) groups excluding carboxylic acids is 1. The van der Waals surface area contributed by atoms with Crippen LogP contribution in [0.4, 0.5) is 0 Å². The molecule has 1 N–H and O–H groups in total. The minimum Gasteiger partial charge on any atom is -0.489 e. The summed E-state index contributed by atoms with van der Waals surface area (Å²) in [5.41, 5.74) is 3.50. The third-order valence-corrected chi connectivity index (χ3v) is 4.93. The minimum atomic E-state index is -0.0442. The maximum Gasteiger partial charge on any atom is 0.254 e. The number of aromatic amines is 1. The molecule has 7 heteroatoms. The highest BCUT2D eigenvalue weighted by Gasteiger charge is 2.16. The van der Waals surface area contributed by atoms with Gasteiger partial charge in [0.05, 0.1) is 0 Å². The molecule has 0 aliphatic heterocycles. The molecule has 0 saturated carbocycles. The van der Waals surface area contributed by atoms with Crippen LogP contribution in [0.3, 0.4) is 0 Å². The van der Waals surface area contributed by atoms with Crippen molar-refractivity contribution in [3.63, 3.8) is 0 Å². The quantitative estimate of drug-likeness (QED) is 0.470. The van der Waals surface area contributed by atoms with Crippen LogP contribution in [0.2, 0.25) is 0 Å². The maximum atomic E-state index is 13.1. The van der Waals surface area contributed by atoms with Gasteiger partial charge in [0.2, 0.25) is 5.82 Å². The van der Waals surface area contributed by atoms with E-state index in [1.165, 1.54) is 0 Å². The molecule has 7 nitrogen and oxygen atoms in total. The lowest BCUT2D eigenvalue weighted by atomic mass is 10.1. The third kappa shape index (κ3) is 5.14. The Labute approximate surface area is 180 Å². The van der Waals surface area contributed by atoms with Crippen molar-refractivity contribution in [2.75, 3.05) is 6.54 Å². The summed E-state index contributed by atoms with van der Waals surface area (Å²) in [6.07, 6.45) is 0. The second-order valence-electron chi connectivity index (χ2n) is 7.05. The predicted octanol–water partition coefficient (Wildman–Crippen LogP) is 4.11. The van der Waals surface area contributed by atoms with E-state index in [4.69, 9.17) is 4.74 Å². The van der Waals surface area contributed by atoms with Gasteiger partial charge in [-0.15, -0.1) is 10.2 Å². The zero-order chi connectivity index (χ0) is 21.5.